The Balaban J connectivity index is 2.07. The lowest BCUT2D eigenvalue weighted by Gasteiger charge is -2.31. The highest BCUT2D eigenvalue weighted by atomic mass is 79.9. The van der Waals surface area contributed by atoms with Gasteiger partial charge in [0.25, 0.3) is 0 Å². The first-order valence-corrected chi connectivity index (χ1v) is 8.08. The molecule has 1 fully saturated rings. The summed E-state index contributed by atoms with van der Waals surface area (Å²) in [5.41, 5.74) is 1.10. The number of hydrogen-bond acceptors (Lipinski definition) is 1. The maximum atomic E-state index is 6.18. The Morgan fingerprint density at radius 1 is 1.33 bits per heavy atom. The van der Waals surface area contributed by atoms with Gasteiger partial charge in [-0.3, -0.25) is 0 Å². The van der Waals surface area contributed by atoms with Gasteiger partial charge in [-0.2, -0.15) is 0 Å². The highest BCUT2D eigenvalue weighted by Gasteiger charge is 2.25. The zero-order valence-corrected chi connectivity index (χ0v) is 13.1. The van der Waals surface area contributed by atoms with Crippen molar-refractivity contribution >= 4 is 27.5 Å². The minimum atomic E-state index is 0.383. The monoisotopic (exact) mass is 330 g/mol. The lowest BCUT2D eigenvalue weighted by atomic mass is 9.85. The average molecular weight is 332 g/mol. The van der Waals surface area contributed by atoms with E-state index in [0.29, 0.717) is 17.9 Å². The van der Waals surface area contributed by atoms with Crippen molar-refractivity contribution in [2.45, 2.75) is 51.0 Å². The molecule has 0 saturated heterocycles. The smallest absolute Gasteiger partial charge is 0.120 e. The van der Waals surface area contributed by atoms with Gasteiger partial charge in [0.1, 0.15) is 11.9 Å². The first-order chi connectivity index (χ1) is 8.74. The van der Waals surface area contributed by atoms with E-state index in [1.165, 1.54) is 32.1 Å². The quantitative estimate of drug-likeness (QED) is 0.659. The Bertz CT molecular complexity index is 394. The summed E-state index contributed by atoms with van der Waals surface area (Å²) in [5, 5.41) is 0. The van der Waals surface area contributed by atoms with Crippen LogP contribution in [-0.4, -0.2) is 6.10 Å². The van der Waals surface area contributed by atoms with E-state index >= 15 is 0 Å². The molecule has 3 heteroatoms. The summed E-state index contributed by atoms with van der Waals surface area (Å²) in [7, 11) is 0. The molecule has 0 heterocycles. The number of rotatable bonds is 4. The molecule has 0 amide bonds. The van der Waals surface area contributed by atoms with Crippen LogP contribution < -0.4 is 4.74 Å². The van der Waals surface area contributed by atoms with Crippen LogP contribution in [0.25, 0.3) is 0 Å². The molecular formula is C15H20BrClO. The van der Waals surface area contributed by atoms with Gasteiger partial charge >= 0.3 is 0 Å². The van der Waals surface area contributed by atoms with Crippen LogP contribution in [0.2, 0.25) is 0 Å². The second-order valence-corrected chi connectivity index (χ2v) is 6.12. The topological polar surface area (TPSA) is 9.23 Å². The minimum absolute atomic E-state index is 0.383. The lowest BCUT2D eigenvalue weighted by molar-refractivity contribution is 0.0903. The summed E-state index contributed by atoms with van der Waals surface area (Å²) in [6.07, 6.45) is 6.73. The number of halogens is 2. The van der Waals surface area contributed by atoms with Crippen molar-refractivity contribution in [2.24, 2.45) is 5.92 Å². The third-order valence-corrected chi connectivity index (χ3v) is 4.87. The molecule has 1 saturated carbocycles. The van der Waals surface area contributed by atoms with Gasteiger partial charge in [-0.1, -0.05) is 29.3 Å². The van der Waals surface area contributed by atoms with Crippen LogP contribution >= 0.6 is 27.5 Å². The van der Waals surface area contributed by atoms with Crippen LogP contribution in [0.1, 0.15) is 44.6 Å². The third kappa shape index (κ3) is 3.42. The van der Waals surface area contributed by atoms with Crippen molar-refractivity contribution in [2.75, 3.05) is 0 Å². The van der Waals surface area contributed by atoms with Gasteiger partial charge in [0.05, 0.1) is 0 Å². The van der Waals surface area contributed by atoms with Crippen LogP contribution in [0.15, 0.2) is 22.7 Å². The van der Waals surface area contributed by atoms with Gasteiger partial charge in [0.2, 0.25) is 0 Å². The Morgan fingerprint density at radius 2 is 2.11 bits per heavy atom. The Labute approximate surface area is 123 Å². The second kappa shape index (κ2) is 6.81. The molecular weight excluding hydrogens is 312 g/mol. The average Bonchev–Trinajstić information content (AvgIpc) is 2.41. The van der Waals surface area contributed by atoms with Crippen molar-refractivity contribution in [1.29, 1.82) is 0 Å². The van der Waals surface area contributed by atoms with E-state index in [-0.39, 0.29) is 0 Å². The van der Waals surface area contributed by atoms with Gasteiger partial charge in [0, 0.05) is 10.4 Å². The molecule has 1 aliphatic carbocycles. The van der Waals surface area contributed by atoms with Crippen LogP contribution in [0.5, 0.6) is 5.75 Å². The maximum absolute atomic E-state index is 6.18. The Hall–Kier alpha value is -0.210. The molecule has 0 aromatic heterocycles. The Kier molecular flexibility index (Phi) is 5.38. The summed E-state index contributed by atoms with van der Waals surface area (Å²) in [6, 6.07) is 6.11. The zero-order valence-electron chi connectivity index (χ0n) is 10.8. The normalized spacial score (nSPS) is 23.9. The highest BCUT2D eigenvalue weighted by molar-refractivity contribution is 9.10. The molecule has 100 valence electrons. The highest BCUT2D eigenvalue weighted by Crippen LogP contribution is 2.32. The van der Waals surface area contributed by atoms with Crippen molar-refractivity contribution in [3.8, 4) is 5.75 Å². The molecule has 2 unspecified atom stereocenters. The molecule has 0 radical (unpaired) electrons. The summed E-state index contributed by atoms with van der Waals surface area (Å²) in [5.74, 6) is 2.18. The minimum Gasteiger partial charge on any atom is -0.490 e. The predicted octanol–water partition coefficient (Wildman–Crippen LogP) is 5.54. The largest absolute Gasteiger partial charge is 0.490 e. The molecule has 0 spiro atoms. The molecule has 0 aliphatic heterocycles. The molecule has 1 aromatic carbocycles. The molecule has 0 N–H and O–H groups in total. The van der Waals surface area contributed by atoms with Crippen molar-refractivity contribution < 1.29 is 4.74 Å². The molecule has 1 aromatic rings. The van der Waals surface area contributed by atoms with Gasteiger partial charge in [-0.25, -0.2) is 0 Å². The van der Waals surface area contributed by atoms with E-state index in [1.54, 1.807) is 0 Å². The van der Waals surface area contributed by atoms with Crippen molar-refractivity contribution in [3.05, 3.63) is 28.2 Å². The second-order valence-electron chi connectivity index (χ2n) is 5.00. The molecule has 0 bridgehead atoms. The Morgan fingerprint density at radius 3 is 2.83 bits per heavy atom. The molecule has 1 nitrogen and oxygen atoms in total. The van der Waals surface area contributed by atoms with Gasteiger partial charge in [-0.15, -0.1) is 11.6 Å². The SMILES string of the molecule is CCC1CCCCC1Oc1ccc(Br)c(CCl)c1. The number of hydrogen-bond donors (Lipinski definition) is 0. The molecule has 2 atom stereocenters. The van der Waals surface area contributed by atoms with Gasteiger partial charge in [-0.05, 0) is 55.4 Å². The summed E-state index contributed by atoms with van der Waals surface area (Å²) in [4.78, 5) is 0. The predicted molar refractivity (Wildman–Crippen MR) is 80.4 cm³/mol. The van der Waals surface area contributed by atoms with E-state index in [4.69, 9.17) is 16.3 Å². The standard InChI is InChI=1S/C15H20BrClO/c1-2-11-5-3-4-6-15(11)18-13-7-8-14(16)12(9-13)10-17/h7-9,11,15H,2-6,10H2,1H3. The fourth-order valence-corrected chi connectivity index (χ4v) is 3.47. The van der Waals surface area contributed by atoms with E-state index in [9.17, 15) is 0 Å². The molecule has 2 rings (SSSR count). The van der Waals surface area contributed by atoms with E-state index in [0.717, 1.165) is 15.8 Å². The number of benzene rings is 1. The number of ether oxygens (including phenoxy) is 1. The summed E-state index contributed by atoms with van der Waals surface area (Å²) in [6.45, 7) is 2.26. The van der Waals surface area contributed by atoms with Crippen LogP contribution in [0.3, 0.4) is 0 Å². The van der Waals surface area contributed by atoms with Crippen molar-refractivity contribution in [3.63, 3.8) is 0 Å². The summed E-state index contributed by atoms with van der Waals surface area (Å²) >= 11 is 9.42. The van der Waals surface area contributed by atoms with Crippen LogP contribution in [-0.2, 0) is 5.88 Å². The number of alkyl halides is 1. The van der Waals surface area contributed by atoms with E-state index in [2.05, 4.69) is 28.9 Å². The van der Waals surface area contributed by atoms with Gasteiger partial charge < -0.3 is 4.74 Å². The van der Waals surface area contributed by atoms with Crippen molar-refractivity contribution in [1.82, 2.24) is 0 Å². The molecule has 1 aliphatic rings. The van der Waals surface area contributed by atoms with Gasteiger partial charge in [0.15, 0.2) is 0 Å². The van der Waals surface area contributed by atoms with Crippen LogP contribution in [0, 0.1) is 5.92 Å². The molecule has 18 heavy (non-hydrogen) atoms. The van der Waals surface area contributed by atoms with E-state index < -0.39 is 0 Å². The first kappa shape index (κ1) is 14.2. The summed E-state index contributed by atoms with van der Waals surface area (Å²) < 4.78 is 7.23. The van der Waals surface area contributed by atoms with Crippen LogP contribution in [0.4, 0.5) is 0 Å². The first-order valence-electron chi connectivity index (χ1n) is 6.75. The fraction of sp³-hybridized carbons (Fsp3) is 0.600. The zero-order chi connectivity index (χ0) is 13.0. The lowest BCUT2D eigenvalue weighted by Crippen LogP contribution is -2.29. The van der Waals surface area contributed by atoms with E-state index in [1.807, 2.05) is 12.1 Å². The fourth-order valence-electron chi connectivity index (χ4n) is 2.70. The third-order valence-electron chi connectivity index (χ3n) is 3.81. The maximum Gasteiger partial charge on any atom is 0.120 e.